The van der Waals surface area contributed by atoms with E-state index in [2.05, 4.69) is 6.58 Å². The molecule has 0 amide bonds. The lowest BCUT2D eigenvalue weighted by Crippen LogP contribution is -2.46. The van der Waals surface area contributed by atoms with Crippen LogP contribution in [0.2, 0.25) is 0 Å². The van der Waals surface area contributed by atoms with E-state index in [0.29, 0.717) is 18.5 Å². The average Bonchev–Trinajstić information content (AvgIpc) is 2.67. The van der Waals surface area contributed by atoms with Gasteiger partial charge in [0.1, 0.15) is 17.4 Å². The molecule has 0 aromatic heterocycles. The van der Waals surface area contributed by atoms with Gasteiger partial charge in [0.25, 0.3) is 0 Å². The SMILES string of the molecule is C=Cc1cc(OCCCF)c(CN2CCCC[C@H]2C(=O)OC(C)(C)C)cc1C(F)(F)F. The molecule has 1 fully saturated rings. The van der Waals surface area contributed by atoms with Gasteiger partial charge >= 0.3 is 12.1 Å². The quantitative estimate of drug-likeness (QED) is 0.289. The Bertz CT molecular complexity index is 771. The van der Waals surface area contributed by atoms with Crippen molar-refractivity contribution in [2.24, 2.45) is 0 Å². The molecule has 2 rings (SSSR count). The van der Waals surface area contributed by atoms with Crippen LogP contribution in [0.25, 0.3) is 6.08 Å². The zero-order chi connectivity index (χ0) is 23.2. The van der Waals surface area contributed by atoms with Crippen molar-refractivity contribution < 1.29 is 31.8 Å². The van der Waals surface area contributed by atoms with Gasteiger partial charge in [-0.2, -0.15) is 13.2 Å². The number of nitrogens with zero attached hydrogens (tertiary/aromatic N) is 1. The Balaban J connectivity index is 2.38. The maximum absolute atomic E-state index is 13.6. The average molecular weight is 445 g/mol. The van der Waals surface area contributed by atoms with Crippen molar-refractivity contribution in [3.63, 3.8) is 0 Å². The largest absolute Gasteiger partial charge is 0.493 e. The van der Waals surface area contributed by atoms with E-state index in [1.807, 2.05) is 4.90 Å². The molecule has 4 nitrogen and oxygen atoms in total. The van der Waals surface area contributed by atoms with Gasteiger partial charge in [0.05, 0.1) is 18.8 Å². The van der Waals surface area contributed by atoms with Crippen LogP contribution in [-0.4, -0.2) is 42.3 Å². The number of rotatable bonds is 8. The van der Waals surface area contributed by atoms with E-state index < -0.39 is 30.1 Å². The zero-order valence-electron chi connectivity index (χ0n) is 18.4. The standard InChI is InChI=1S/C23H31F4NO3/c1-5-16-14-20(30-12-8-10-24)17(13-18(16)23(25,26)27)15-28-11-7-6-9-19(28)21(29)31-22(2,3)4/h5,13-14,19H,1,6-12,15H2,2-4H3/t19-/m0/s1. The van der Waals surface area contributed by atoms with Gasteiger partial charge in [-0.3, -0.25) is 14.1 Å². The van der Waals surface area contributed by atoms with Crippen LogP contribution in [-0.2, 0) is 22.3 Å². The lowest BCUT2D eigenvalue weighted by Gasteiger charge is -2.36. The van der Waals surface area contributed by atoms with E-state index >= 15 is 0 Å². The molecular formula is C23H31F4NO3. The second-order valence-electron chi connectivity index (χ2n) is 8.66. The normalized spacial score (nSPS) is 18.0. The molecule has 1 aliphatic rings. The molecule has 1 aliphatic heterocycles. The number of likely N-dealkylation sites (tertiary alicyclic amines) is 1. The highest BCUT2D eigenvalue weighted by Gasteiger charge is 2.36. The summed E-state index contributed by atoms with van der Waals surface area (Å²) in [6.45, 7) is 8.90. The third-order valence-electron chi connectivity index (χ3n) is 4.96. The Morgan fingerprint density at radius 3 is 2.55 bits per heavy atom. The highest BCUT2D eigenvalue weighted by molar-refractivity contribution is 5.76. The van der Waals surface area contributed by atoms with E-state index in [0.717, 1.165) is 25.0 Å². The molecule has 1 heterocycles. The van der Waals surface area contributed by atoms with Crippen molar-refractivity contribution in [1.82, 2.24) is 4.90 Å². The number of piperidine rings is 1. The van der Waals surface area contributed by atoms with Gasteiger partial charge in [-0.1, -0.05) is 19.1 Å². The molecule has 0 aliphatic carbocycles. The fraction of sp³-hybridized carbons (Fsp3) is 0.609. The fourth-order valence-electron chi connectivity index (χ4n) is 3.59. The number of alkyl halides is 4. The second kappa shape index (κ2) is 10.5. The Kier molecular flexibility index (Phi) is 8.51. The van der Waals surface area contributed by atoms with Crippen LogP contribution in [0.4, 0.5) is 17.6 Å². The number of benzene rings is 1. The molecule has 1 atom stereocenters. The van der Waals surface area contributed by atoms with E-state index in [9.17, 15) is 22.4 Å². The number of hydrogen-bond donors (Lipinski definition) is 0. The highest BCUT2D eigenvalue weighted by atomic mass is 19.4. The minimum absolute atomic E-state index is 0.0426. The summed E-state index contributed by atoms with van der Waals surface area (Å²) in [7, 11) is 0. The van der Waals surface area contributed by atoms with Gasteiger partial charge in [0.2, 0.25) is 0 Å². The molecule has 0 radical (unpaired) electrons. The van der Waals surface area contributed by atoms with E-state index in [-0.39, 0.29) is 36.9 Å². The predicted molar refractivity (Wildman–Crippen MR) is 112 cm³/mol. The first-order chi connectivity index (χ1) is 14.5. The Morgan fingerprint density at radius 1 is 1.26 bits per heavy atom. The third kappa shape index (κ3) is 7.23. The van der Waals surface area contributed by atoms with Crippen molar-refractivity contribution in [2.75, 3.05) is 19.8 Å². The number of esters is 1. The summed E-state index contributed by atoms with van der Waals surface area (Å²) in [6.07, 6.45) is -1.07. The molecule has 0 bridgehead atoms. The molecule has 1 saturated heterocycles. The molecule has 31 heavy (non-hydrogen) atoms. The third-order valence-corrected chi connectivity index (χ3v) is 4.96. The van der Waals surface area contributed by atoms with Crippen molar-refractivity contribution >= 4 is 12.0 Å². The Morgan fingerprint density at radius 2 is 1.97 bits per heavy atom. The Labute approximate surface area is 181 Å². The summed E-state index contributed by atoms with van der Waals surface area (Å²) < 4.78 is 64.4. The van der Waals surface area contributed by atoms with Crippen LogP contribution < -0.4 is 4.74 Å². The van der Waals surface area contributed by atoms with Gasteiger partial charge in [-0.05, 0) is 57.9 Å². The molecule has 0 spiro atoms. The number of halogens is 4. The van der Waals surface area contributed by atoms with Gasteiger partial charge in [0.15, 0.2) is 0 Å². The summed E-state index contributed by atoms with van der Waals surface area (Å²) >= 11 is 0. The van der Waals surface area contributed by atoms with Crippen molar-refractivity contribution in [2.45, 2.75) is 70.8 Å². The van der Waals surface area contributed by atoms with Crippen molar-refractivity contribution in [3.8, 4) is 5.75 Å². The van der Waals surface area contributed by atoms with E-state index in [4.69, 9.17) is 9.47 Å². The summed E-state index contributed by atoms with van der Waals surface area (Å²) in [5.74, 6) is -0.143. The minimum Gasteiger partial charge on any atom is -0.493 e. The minimum atomic E-state index is -4.57. The molecule has 0 unspecified atom stereocenters. The van der Waals surface area contributed by atoms with Gasteiger partial charge in [-0.15, -0.1) is 0 Å². The first-order valence-corrected chi connectivity index (χ1v) is 10.5. The molecule has 1 aromatic carbocycles. The van der Waals surface area contributed by atoms with Crippen LogP contribution in [0.3, 0.4) is 0 Å². The van der Waals surface area contributed by atoms with Crippen LogP contribution in [0, 0.1) is 0 Å². The van der Waals surface area contributed by atoms with Gasteiger partial charge in [0, 0.05) is 18.5 Å². The Hall–Kier alpha value is -2.09. The number of hydrogen-bond acceptors (Lipinski definition) is 4. The van der Waals surface area contributed by atoms with Gasteiger partial charge < -0.3 is 9.47 Å². The summed E-state index contributed by atoms with van der Waals surface area (Å²) in [5.41, 5.74) is -1.28. The monoisotopic (exact) mass is 445 g/mol. The second-order valence-corrected chi connectivity index (χ2v) is 8.66. The first-order valence-electron chi connectivity index (χ1n) is 10.5. The van der Waals surface area contributed by atoms with Crippen LogP contribution in [0.5, 0.6) is 5.75 Å². The van der Waals surface area contributed by atoms with Crippen molar-refractivity contribution in [1.29, 1.82) is 0 Å². The lowest BCUT2D eigenvalue weighted by molar-refractivity contribution is -0.163. The summed E-state index contributed by atoms with van der Waals surface area (Å²) in [6, 6.07) is 1.79. The molecule has 174 valence electrons. The van der Waals surface area contributed by atoms with Crippen LogP contribution >= 0.6 is 0 Å². The number of ether oxygens (including phenoxy) is 2. The van der Waals surface area contributed by atoms with E-state index in [1.54, 1.807) is 20.8 Å². The number of carbonyl (C=O) groups is 1. The maximum Gasteiger partial charge on any atom is 0.417 e. The van der Waals surface area contributed by atoms with Crippen LogP contribution in [0.15, 0.2) is 18.7 Å². The molecule has 1 aromatic rings. The van der Waals surface area contributed by atoms with Crippen LogP contribution in [0.1, 0.15) is 63.1 Å². The number of carbonyl (C=O) groups excluding carboxylic acids is 1. The predicted octanol–water partition coefficient (Wildman–Crippen LogP) is 5.78. The first kappa shape index (κ1) is 25.2. The molecular weight excluding hydrogens is 414 g/mol. The molecule has 8 heteroatoms. The summed E-state index contributed by atoms with van der Waals surface area (Å²) in [4.78, 5) is 14.5. The van der Waals surface area contributed by atoms with Gasteiger partial charge in [-0.25, -0.2) is 0 Å². The molecule has 0 N–H and O–H groups in total. The zero-order valence-corrected chi connectivity index (χ0v) is 18.4. The highest BCUT2D eigenvalue weighted by Crippen LogP contribution is 2.37. The lowest BCUT2D eigenvalue weighted by atomic mass is 9.98. The molecule has 0 saturated carbocycles. The maximum atomic E-state index is 13.6. The fourth-order valence-corrected chi connectivity index (χ4v) is 3.59. The van der Waals surface area contributed by atoms with E-state index in [1.165, 1.54) is 6.07 Å². The smallest absolute Gasteiger partial charge is 0.417 e. The van der Waals surface area contributed by atoms with Crippen molar-refractivity contribution in [3.05, 3.63) is 35.4 Å². The topological polar surface area (TPSA) is 38.8 Å². The summed E-state index contributed by atoms with van der Waals surface area (Å²) in [5, 5.41) is 0.